The Balaban J connectivity index is 1.12. The number of hydrogen-bond donors (Lipinski definition) is 0. The molecule has 0 nitrogen and oxygen atoms in total. The monoisotopic (exact) mass is 734 g/mol. The van der Waals surface area contributed by atoms with Gasteiger partial charge in [0.1, 0.15) is 0 Å². The lowest BCUT2D eigenvalue weighted by Gasteiger charge is -2.19. The van der Waals surface area contributed by atoms with E-state index in [9.17, 15) is 0 Å². The van der Waals surface area contributed by atoms with Gasteiger partial charge in [0.15, 0.2) is 0 Å². The van der Waals surface area contributed by atoms with Crippen LogP contribution in [0, 0.1) is 0 Å². The fourth-order valence-corrected chi connectivity index (χ4v) is 9.07. The lowest BCUT2D eigenvalue weighted by Crippen LogP contribution is -1.92. The van der Waals surface area contributed by atoms with Gasteiger partial charge >= 0.3 is 0 Å². The summed E-state index contributed by atoms with van der Waals surface area (Å²) in [6.45, 7) is 0. The van der Waals surface area contributed by atoms with Crippen LogP contribution in [0.1, 0.15) is 0 Å². The predicted octanol–water partition coefficient (Wildman–Crippen LogP) is 16.3. The normalized spacial score (nSPS) is 11.4. The minimum Gasteiger partial charge on any atom is -0.0622 e. The first kappa shape index (κ1) is 33.8. The maximum atomic E-state index is 2.45. The highest BCUT2D eigenvalue weighted by atomic mass is 14.2. The fraction of sp³-hybridized carbons (Fsp3) is 0. The average molecular weight is 735 g/mol. The lowest BCUT2D eigenvalue weighted by molar-refractivity contribution is 1.58. The van der Waals surface area contributed by atoms with Gasteiger partial charge in [-0.25, -0.2) is 0 Å². The number of fused-ring (bicyclic) bond motifs is 4. The maximum Gasteiger partial charge on any atom is -0.00261 e. The minimum absolute atomic E-state index is 1.20. The molecule has 58 heavy (non-hydrogen) atoms. The quantitative estimate of drug-likeness (QED) is 0.149. The molecular weight excluding hydrogens is 697 g/mol. The zero-order valence-corrected chi connectivity index (χ0v) is 31.9. The molecule has 0 radical (unpaired) electrons. The lowest BCUT2D eigenvalue weighted by atomic mass is 9.84. The van der Waals surface area contributed by atoms with E-state index in [0.29, 0.717) is 0 Å². The van der Waals surface area contributed by atoms with Gasteiger partial charge in [0.05, 0.1) is 0 Å². The van der Waals surface area contributed by atoms with Crippen LogP contribution in [0.3, 0.4) is 0 Å². The summed E-state index contributed by atoms with van der Waals surface area (Å²) in [5.41, 5.74) is 14.7. The van der Waals surface area contributed by atoms with Crippen molar-refractivity contribution < 1.29 is 0 Å². The van der Waals surface area contributed by atoms with Crippen LogP contribution in [-0.2, 0) is 0 Å². The molecule has 0 saturated carbocycles. The van der Waals surface area contributed by atoms with Gasteiger partial charge in [-0.1, -0.05) is 212 Å². The van der Waals surface area contributed by atoms with Crippen LogP contribution >= 0.6 is 0 Å². The van der Waals surface area contributed by atoms with Crippen molar-refractivity contribution in [3.8, 4) is 66.8 Å². The van der Waals surface area contributed by atoms with E-state index in [1.165, 1.54) is 110 Å². The fourth-order valence-electron chi connectivity index (χ4n) is 9.07. The van der Waals surface area contributed by atoms with E-state index in [2.05, 4.69) is 231 Å². The van der Waals surface area contributed by atoms with E-state index in [1.54, 1.807) is 0 Å². The highest BCUT2D eigenvalue weighted by Crippen LogP contribution is 2.46. The number of hydrogen-bond acceptors (Lipinski definition) is 0. The third-order valence-corrected chi connectivity index (χ3v) is 11.9. The topological polar surface area (TPSA) is 0 Å². The second kappa shape index (κ2) is 14.2. The first-order chi connectivity index (χ1) is 28.8. The standard InChI is InChI=1S/C58H38/c1-3-14-39(15-4-1)45-20-13-21-46(36-45)41-26-29-42(30-27-41)49-34-35-50(47-31-28-40-16-7-8-19-44(40)37-47)51-33-32-48(38-56(49)51)58-54-24-11-9-22-52(54)57(43-17-5-2-6-18-43)53-23-10-12-25-55(53)58/h1-38H. The van der Waals surface area contributed by atoms with Gasteiger partial charge in [0.2, 0.25) is 0 Å². The van der Waals surface area contributed by atoms with Crippen LogP contribution in [0.15, 0.2) is 231 Å². The Morgan fingerprint density at radius 3 is 1.26 bits per heavy atom. The van der Waals surface area contributed by atoms with Crippen molar-refractivity contribution in [1.82, 2.24) is 0 Å². The number of benzene rings is 11. The summed E-state index contributed by atoms with van der Waals surface area (Å²) < 4.78 is 0. The second-order valence-electron chi connectivity index (χ2n) is 15.2. The number of rotatable bonds is 6. The van der Waals surface area contributed by atoms with E-state index >= 15 is 0 Å². The van der Waals surface area contributed by atoms with E-state index in [0.717, 1.165) is 0 Å². The highest BCUT2D eigenvalue weighted by Gasteiger charge is 2.18. The molecule has 0 heteroatoms. The zero-order valence-electron chi connectivity index (χ0n) is 31.9. The molecule has 0 unspecified atom stereocenters. The summed E-state index contributed by atoms with van der Waals surface area (Å²) in [6, 6.07) is 84.6. The molecule has 0 fully saturated rings. The van der Waals surface area contributed by atoms with Gasteiger partial charge in [-0.15, -0.1) is 0 Å². The first-order valence-electron chi connectivity index (χ1n) is 20.1. The van der Waals surface area contributed by atoms with Gasteiger partial charge in [-0.2, -0.15) is 0 Å². The second-order valence-corrected chi connectivity index (χ2v) is 15.2. The molecule has 0 amide bonds. The molecule has 270 valence electrons. The summed E-state index contributed by atoms with van der Waals surface area (Å²) in [5.74, 6) is 0. The molecular formula is C58H38. The smallest absolute Gasteiger partial charge is 0.00261 e. The van der Waals surface area contributed by atoms with Crippen LogP contribution in [0.25, 0.3) is 110 Å². The van der Waals surface area contributed by atoms with E-state index in [4.69, 9.17) is 0 Å². The third-order valence-electron chi connectivity index (χ3n) is 11.9. The molecule has 11 aromatic rings. The van der Waals surface area contributed by atoms with Crippen LogP contribution < -0.4 is 0 Å². The van der Waals surface area contributed by atoms with Crippen LogP contribution in [-0.4, -0.2) is 0 Å². The predicted molar refractivity (Wildman–Crippen MR) is 249 cm³/mol. The van der Waals surface area contributed by atoms with Crippen molar-refractivity contribution in [2.75, 3.05) is 0 Å². The summed E-state index contributed by atoms with van der Waals surface area (Å²) in [4.78, 5) is 0. The molecule has 0 atom stereocenters. The molecule has 0 saturated heterocycles. The Labute approximate surface area is 339 Å². The Morgan fingerprint density at radius 2 is 0.621 bits per heavy atom. The Hall–Kier alpha value is -7.54. The van der Waals surface area contributed by atoms with Gasteiger partial charge in [0.25, 0.3) is 0 Å². The van der Waals surface area contributed by atoms with E-state index in [-0.39, 0.29) is 0 Å². The summed E-state index contributed by atoms with van der Waals surface area (Å²) in [7, 11) is 0. The average Bonchev–Trinajstić information content (AvgIpc) is 3.30. The van der Waals surface area contributed by atoms with Crippen LogP contribution in [0.4, 0.5) is 0 Å². The van der Waals surface area contributed by atoms with Crippen LogP contribution in [0.5, 0.6) is 0 Å². The van der Waals surface area contributed by atoms with Crippen molar-refractivity contribution in [3.63, 3.8) is 0 Å². The molecule has 0 spiro atoms. The summed E-state index contributed by atoms with van der Waals surface area (Å²) in [6.07, 6.45) is 0. The Morgan fingerprint density at radius 1 is 0.172 bits per heavy atom. The van der Waals surface area contributed by atoms with Gasteiger partial charge in [-0.3, -0.25) is 0 Å². The largest absolute Gasteiger partial charge is 0.0622 e. The highest BCUT2D eigenvalue weighted by molar-refractivity contribution is 6.22. The Bertz CT molecular complexity index is 3240. The molecule has 0 aliphatic rings. The van der Waals surface area contributed by atoms with Crippen molar-refractivity contribution in [2.24, 2.45) is 0 Å². The third kappa shape index (κ3) is 5.86. The van der Waals surface area contributed by atoms with Crippen molar-refractivity contribution in [2.45, 2.75) is 0 Å². The first-order valence-corrected chi connectivity index (χ1v) is 20.1. The van der Waals surface area contributed by atoms with Gasteiger partial charge in [-0.05, 0) is 128 Å². The van der Waals surface area contributed by atoms with Gasteiger partial charge in [0, 0.05) is 0 Å². The Kier molecular flexibility index (Phi) is 8.26. The SMILES string of the molecule is c1ccc(-c2cccc(-c3ccc(-c4ccc(-c5ccc6ccccc6c5)c5ccc(-c6c7ccccc7c(-c7ccccc7)c7ccccc67)cc45)cc3)c2)cc1. The molecule has 0 bridgehead atoms. The molecule has 11 aromatic carbocycles. The van der Waals surface area contributed by atoms with Crippen molar-refractivity contribution in [3.05, 3.63) is 231 Å². The molecule has 0 N–H and O–H groups in total. The maximum absolute atomic E-state index is 2.45. The molecule has 0 heterocycles. The molecule has 0 aliphatic carbocycles. The minimum atomic E-state index is 1.20. The summed E-state index contributed by atoms with van der Waals surface area (Å²) >= 11 is 0. The van der Waals surface area contributed by atoms with E-state index in [1.807, 2.05) is 0 Å². The molecule has 11 rings (SSSR count). The van der Waals surface area contributed by atoms with Crippen molar-refractivity contribution >= 4 is 43.1 Å². The molecule has 0 aromatic heterocycles. The van der Waals surface area contributed by atoms with E-state index < -0.39 is 0 Å². The van der Waals surface area contributed by atoms with Crippen LogP contribution in [0.2, 0.25) is 0 Å². The summed E-state index contributed by atoms with van der Waals surface area (Å²) in [5, 5.41) is 10.0. The molecule has 0 aliphatic heterocycles. The zero-order chi connectivity index (χ0) is 38.4. The van der Waals surface area contributed by atoms with Gasteiger partial charge < -0.3 is 0 Å². The van der Waals surface area contributed by atoms with Crippen molar-refractivity contribution in [1.29, 1.82) is 0 Å².